The summed E-state index contributed by atoms with van der Waals surface area (Å²) in [6, 6.07) is 22.1. The van der Waals surface area contributed by atoms with Crippen molar-refractivity contribution >= 4 is 39.1 Å². The van der Waals surface area contributed by atoms with E-state index in [1.807, 2.05) is 55.5 Å². The van der Waals surface area contributed by atoms with E-state index >= 15 is 0 Å². The molecule has 0 aliphatic carbocycles. The van der Waals surface area contributed by atoms with Gasteiger partial charge in [-0.15, -0.1) is 11.8 Å². The number of aryl methyl sites for hydroxylation is 1. The second-order valence-corrected chi connectivity index (χ2v) is 12.0. The zero-order valence-electron chi connectivity index (χ0n) is 19.2. The molecule has 0 radical (unpaired) electrons. The summed E-state index contributed by atoms with van der Waals surface area (Å²) in [5.74, 6) is 0.424. The average molecular weight is 481 g/mol. The molecule has 3 aromatic carbocycles. The zero-order valence-corrected chi connectivity index (χ0v) is 20.8. The maximum Gasteiger partial charge on any atom is 0.261 e. The molecule has 1 heterocycles. The highest BCUT2D eigenvalue weighted by molar-refractivity contribution is 8.00. The molecule has 172 valence electrons. The summed E-state index contributed by atoms with van der Waals surface area (Å²) in [4.78, 5) is 14.6. The van der Waals surface area contributed by atoms with Crippen LogP contribution in [-0.2, 0) is 20.2 Å². The number of amides is 1. The molecule has 3 aromatic rings. The molecule has 7 heteroatoms. The Balaban J connectivity index is 1.58. The van der Waals surface area contributed by atoms with Gasteiger partial charge in [-0.2, -0.15) is 0 Å². The molecule has 1 aliphatic rings. The molecule has 33 heavy (non-hydrogen) atoms. The van der Waals surface area contributed by atoms with E-state index in [1.165, 1.54) is 11.8 Å². The molecule has 0 spiro atoms. The fourth-order valence-corrected chi connectivity index (χ4v) is 5.98. The van der Waals surface area contributed by atoms with Crippen LogP contribution in [0.5, 0.6) is 0 Å². The standard InChI is InChI=1S/C26H28N2O3S2/c1-18-8-12-22(13-9-18)28-24(29)17-32-25(28)19-6-5-7-21(16-19)27-33(30,31)23-14-10-20(11-15-23)26(2,3)4/h5-16,25,27H,17H2,1-4H3/t25-/m0/s1. The van der Waals surface area contributed by atoms with Crippen molar-refractivity contribution in [3.63, 3.8) is 0 Å². The largest absolute Gasteiger partial charge is 0.295 e. The number of hydrogen-bond donors (Lipinski definition) is 1. The van der Waals surface area contributed by atoms with E-state index in [2.05, 4.69) is 25.5 Å². The van der Waals surface area contributed by atoms with Crippen molar-refractivity contribution in [1.82, 2.24) is 0 Å². The van der Waals surface area contributed by atoms with Crippen LogP contribution in [0.25, 0.3) is 0 Å². The van der Waals surface area contributed by atoms with Crippen molar-refractivity contribution in [2.24, 2.45) is 0 Å². The van der Waals surface area contributed by atoms with E-state index in [0.29, 0.717) is 11.4 Å². The van der Waals surface area contributed by atoms with Crippen LogP contribution < -0.4 is 9.62 Å². The minimum absolute atomic E-state index is 0.0405. The second kappa shape index (κ2) is 8.88. The van der Waals surface area contributed by atoms with Gasteiger partial charge in [0.05, 0.1) is 10.6 Å². The molecule has 0 unspecified atom stereocenters. The van der Waals surface area contributed by atoms with Crippen molar-refractivity contribution in [2.45, 2.75) is 43.4 Å². The third-order valence-corrected chi connectivity index (χ3v) is 8.24. The summed E-state index contributed by atoms with van der Waals surface area (Å²) >= 11 is 1.54. The molecule has 4 rings (SSSR count). The number of thioether (sulfide) groups is 1. The Kier molecular flexibility index (Phi) is 6.29. The van der Waals surface area contributed by atoms with Gasteiger partial charge in [-0.05, 0) is 59.9 Å². The average Bonchev–Trinajstić information content (AvgIpc) is 3.15. The number of nitrogens with one attached hydrogen (secondary N) is 1. The predicted octanol–water partition coefficient (Wildman–Crippen LogP) is 5.87. The number of benzene rings is 3. The van der Waals surface area contributed by atoms with Crippen LogP contribution in [-0.4, -0.2) is 20.1 Å². The predicted molar refractivity (Wildman–Crippen MR) is 136 cm³/mol. The van der Waals surface area contributed by atoms with E-state index in [9.17, 15) is 13.2 Å². The second-order valence-electron chi connectivity index (χ2n) is 9.27. The summed E-state index contributed by atoms with van der Waals surface area (Å²) in [5, 5.41) is -0.212. The van der Waals surface area contributed by atoms with Gasteiger partial charge < -0.3 is 0 Å². The Morgan fingerprint density at radius 2 is 1.64 bits per heavy atom. The monoisotopic (exact) mass is 480 g/mol. The molecule has 1 saturated heterocycles. The van der Waals surface area contributed by atoms with Crippen LogP contribution in [0.2, 0.25) is 0 Å². The first-order valence-electron chi connectivity index (χ1n) is 10.8. The normalized spacial score (nSPS) is 16.8. The van der Waals surface area contributed by atoms with Crippen LogP contribution in [0.4, 0.5) is 11.4 Å². The van der Waals surface area contributed by atoms with E-state index in [4.69, 9.17) is 0 Å². The maximum absolute atomic E-state index is 13.0. The van der Waals surface area contributed by atoms with Gasteiger partial charge >= 0.3 is 0 Å². The maximum atomic E-state index is 13.0. The lowest BCUT2D eigenvalue weighted by Gasteiger charge is -2.25. The first-order chi connectivity index (χ1) is 15.5. The molecular weight excluding hydrogens is 452 g/mol. The topological polar surface area (TPSA) is 66.5 Å². The quantitative estimate of drug-likeness (QED) is 0.496. The number of sulfonamides is 1. The summed E-state index contributed by atoms with van der Waals surface area (Å²) < 4.78 is 28.7. The number of rotatable bonds is 5. The Hall–Kier alpha value is -2.77. The molecular formula is C26H28N2O3S2. The van der Waals surface area contributed by atoms with Crippen LogP contribution in [0, 0.1) is 6.92 Å². The van der Waals surface area contributed by atoms with Crippen LogP contribution in [0.15, 0.2) is 77.7 Å². The van der Waals surface area contributed by atoms with Crippen LogP contribution in [0.1, 0.15) is 42.8 Å². The van der Waals surface area contributed by atoms with Crippen LogP contribution >= 0.6 is 11.8 Å². The highest BCUT2D eigenvalue weighted by atomic mass is 32.2. The third-order valence-electron chi connectivity index (χ3n) is 5.63. The van der Waals surface area contributed by atoms with Gasteiger partial charge in [0.2, 0.25) is 5.91 Å². The highest BCUT2D eigenvalue weighted by Gasteiger charge is 2.34. The number of hydrogen-bond acceptors (Lipinski definition) is 4. The number of carbonyl (C=O) groups excluding carboxylic acids is 1. The fourth-order valence-electron chi connectivity index (χ4n) is 3.76. The molecule has 1 amide bonds. The molecule has 0 aromatic heterocycles. The van der Waals surface area contributed by atoms with Crippen molar-refractivity contribution in [3.8, 4) is 0 Å². The Morgan fingerprint density at radius 1 is 0.970 bits per heavy atom. The molecule has 0 bridgehead atoms. The van der Waals surface area contributed by atoms with E-state index in [0.717, 1.165) is 22.4 Å². The molecule has 5 nitrogen and oxygen atoms in total. The highest BCUT2D eigenvalue weighted by Crippen LogP contribution is 2.42. The van der Waals surface area contributed by atoms with Crippen molar-refractivity contribution < 1.29 is 13.2 Å². The summed E-state index contributed by atoms with van der Waals surface area (Å²) in [6.07, 6.45) is 0. The SMILES string of the molecule is Cc1ccc(N2C(=O)CS[C@H]2c2cccc(NS(=O)(=O)c3ccc(C(C)(C)C)cc3)c2)cc1. The van der Waals surface area contributed by atoms with Crippen molar-refractivity contribution in [3.05, 3.63) is 89.5 Å². The van der Waals surface area contributed by atoms with Gasteiger partial charge in [0.15, 0.2) is 0 Å². The minimum Gasteiger partial charge on any atom is -0.295 e. The van der Waals surface area contributed by atoms with E-state index < -0.39 is 10.0 Å². The lowest BCUT2D eigenvalue weighted by Crippen LogP contribution is -2.27. The lowest BCUT2D eigenvalue weighted by molar-refractivity contribution is -0.115. The van der Waals surface area contributed by atoms with Gasteiger partial charge in [0, 0.05) is 11.4 Å². The molecule has 1 fully saturated rings. The van der Waals surface area contributed by atoms with Gasteiger partial charge in [-0.3, -0.25) is 14.4 Å². The molecule has 0 saturated carbocycles. The first kappa shape index (κ1) is 23.4. The molecule has 1 N–H and O–H groups in total. The van der Waals surface area contributed by atoms with Crippen molar-refractivity contribution in [2.75, 3.05) is 15.4 Å². The van der Waals surface area contributed by atoms with E-state index in [-0.39, 0.29) is 21.6 Å². The van der Waals surface area contributed by atoms with Crippen LogP contribution in [0.3, 0.4) is 0 Å². The summed E-state index contributed by atoms with van der Waals surface area (Å²) in [5.41, 5.74) is 4.32. The van der Waals surface area contributed by atoms with Crippen molar-refractivity contribution in [1.29, 1.82) is 0 Å². The Bertz CT molecular complexity index is 1260. The molecule has 1 aliphatic heterocycles. The minimum atomic E-state index is -3.73. The van der Waals surface area contributed by atoms with E-state index in [1.54, 1.807) is 29.2 Å². The number of anilines is 2. The van der Waals surface area contributed by atoms with Gasteiger partial charge in [-0.25, -0.2) is 8.42 Å². The summed E-state index contributed by atoms with van der Waals surface area (Å²) in [6.45, 7) is 8.28. The lowest BCUT2D eigenvalue weighted by atomic mass is 9.87. The number of carbonyl (C=O) groups is 1. The van der Waals surface area contributed by atoms with Gasteiger partial charge in [0.25, 0.3) is 10.0 Å². The zero-order chi connectivity index (χ0) is 23.8. The number of nitrogens with zero attached hydrogens (tertiary/aromatic N) is 1. The molecule has 1 atom stereocenters. The Labute approximate surface area is 200 Å². The Morgan fingerprint density at radius 3 is 2.27 bits per heavy atom. The van der Waals surface area contributed by atoms with Gasteiger partial charge in [0.1, 0.15) is 5.37 Å². The smallest absolute Gasteiger partial charge is 0.261 e. The van der Waals surface area contributed by atoms with Gasteiger partial charge in [-0.1, -0.05) is 62.7 Å². The fraction of sp³-hybridized carbons (Fsp3) is 0.269. The third kappa shape index (κ3) is 5.09. The summed E-state index contributed by atoms with van der Waals surface area (Å²) in [7, 11) is -3.73. The first-order valence-corrected chi connectivity index (χ1v) is 13.3.